The Morgan fingerprint density at radius 1 is 1.12 bits per heavy atom. The highest BCUT2D eigenvalue weighted by Crippen LogP contribution is 2.30. The SMILES string of the molecule is O=C(Nc1ccc2[nH]ccc2c1)N1CCC([C@@H](O)c2ccccc2)CC1. The van der Waals surface area contributed by atoms with Gasteiger partial charge in [-0.15, -0.1) is 0 Å². The molecule has 26 heavy (non-hydrogen) atoms. The van der Waals surface area contributed by atoms with Gasteiger partial charge >= 0.3 is 6.03 Å². The Labute approximate surface area is 152 Å². The van der Waals surface area contributed by atoms with E-state index in [4.69, 9.17) is 0 Å². The number of amides is 2. The Bertz CT molecular complexity index is 882. The molecule has 2 aromatic carbocycles. The summed E-state index contributed by atoms with van der Waals surface area (Å²) in [7, 11) is 0. The van der Waals surface area contributed by atoms with Crippen molar-refractivity contribution in [3.05, 3.63) is 66.4 Å². The third-order valence-corrected chi connectivity index (χ3v) is 5.22. The van der Waals surface area contributed by atoms with Crippen LogP contribution in [-0.4, -0.2) is 34.1 Å². The van der Waals surface area contributed by atoms with Gasteiger partial charge < -0.3 is 20.3 Å². The maximum absolute atomic E-state index is 12.5. The third-order valence-electron chi connectivity index (χ3n) is 5.22. The molecule has 0 unspecified atom stereocenters. The van der Waals surface area contributed by atoms with E-state index >= 15 is 0 Å². The van der Waals surface area contributed by atoms with Crippen molar-refractivity contribution in [2.24, 2.45) is 5.92 Å². The molecule has 5 nitrogen and oxygen atoms in total. The zero-order chi connectivity index (χ0) is 17.9. The van der Waals surface area contributed by atoms with Gasteiger partial charge in [-0.1, -0.05) is 30.3 Å². The van der Waals surface area contributed by atoms with Gasteiger partial charge in [0.2, 0.25) is 0 Å². The van der Waals surface area contributed by atoms with E-state index in [-0.39, 0.29) is 11.9 Å². The molecule has 3 aromatic rings. The lowest BCUT2D eigenvalue weighted by Crippen LogP contribution is -2.42. The monoisotopic (exact) mass is 349 g/mol. The molecule has 1 aromatic heterocycles. The first kappa shape index (κ1) is 16.7. The highest BCUT2D eigenvalue weighted by atomic mass is 16.3. The minimum Gasteiger partial charge on any atom is -0.388 e. The van der Waals surface area contributed by atoms with Crippen LogP contribution >= 0.6 is 0 Å². The minimum atomic E-state index is -0.461. The van der Waals surface area contributed by atoms with Gasteiger partial charge in [-0.25, -0.2) is 4.79 Å². The predicted octanol–water partition coefficient (Wildman–Crippen LogP) is 4.15. The van der Waals surface area contributed by atoms with E-state index < -0.39 is 6.10 Å². The maximum atomic E-state index is 12.5. The topological polar surface area (TPSA) is 68.4 Å². The molecular weight excluding hydrogens is 326 g/mol. The zero-order valence-corrected chi connectivity index (χ0v) is 14.6. The van der Waals surface area contributed by atoms with Crippen LogP contribution in [0.2, 0.25) is 0 Å². The molecule has 2 heterocycles. The van der Waals surface area contributed by atoms with Gasteiger partial charge in [0, 0.05) is 35.9 Å². The van der Waals surface area contributed by atoms with Gasteiger partial charge in [0.05, 0.1) is 6.10 Å². The molecular formula is C21H23N3O2. The summed E-state index contributed by atoms with van der Waals surface area (Å²) in [6, 6.07) is 17.5. The third kappa shape index (κ3) is 3.44. The number of anilines is 1. The van der Waals surface area contributed by atoms with Crippen LogP contribution in [0, 0.1) is 5.92 Å². The Balaban J connectivity index is 1.34. The summed E-state index contributed by atoms with van der Waals surface area (Å²) in [6.45, 7) is 1.32. The van der Waals surface area contributed by atoms with E-state index in [1.807, 2.05) is 65.7 Å². The molecule has 1 aliphatic rings. The van der Waals surface area contributed by atoms with Gasteiger partial charge in [-0.05, 0) is 48.6 Å². The van der Waals surface area contributed by atoms with E-state index in [0.717, 1.165) is 35.0 Å². The molecule has 0 spiro atoms. The van der Waals surface area contributed by atoms with Gasteiger partial charge in [0.25, 0.3) is 0 Å². The number of aromatic nitrogens is 1. The van der Waals surface area contributed by atoms with E-state index in [0.29, 0.717) is 13.1 Å². The molecule has 3 N–H and O–H groups in total. The highest BCUT2D eigenvalue weighted by molar-refractivity contribution is 5.92. The van der Waals surface area contributed by atoms with E-state index in [2.05, 4.69) is 10.3 Å². The summed E-state index contributed by atoms with van der Waals surface area (Å²) in [6.07, 6.45) is 3.04. The normalized spacial score (nSPS) is 16.6. The van der Waals surface area contributed by atoms with Crippen molar-refractivity contribution in [3.8, 4) is 0 Å². The molecule has 1 fully saturated rings. The second kappa shape index (κ2) is 7.22. The molecule has 0 radical (unpaired) electrons. The number of hydrogen-bond acceptors (Lipinski definition) is 2. The number of benzene rings is 2. The van der Waals surface area contributed by atoms with Crippen LogP contribution in [0.5, 0.6) is 0 Å². The van der Waals surface area contributed by atoms with Crippen molar-refractivity contribution in [2.45, 2.75) is 18.9 Å². The molecule has 5 heteroatoms. The predicted molar refractivity (Wildman–Crippen MR) is 103 cm³/mol. The minimum absolute atomic E-state index is 0.0764. The molecule has 134 valence electrons. The summed E-state index contributed by atoms with van der Waals surface area (Å²) in [5, 5.41) is 14.6. The summed E-state index contributed by atoms with van der Waals surface area (Å²) < 4.78 is 0. The van der Waals surface area contributed by atoms with Crippen molar-refractivity contribution in [3.63, 3.8) is 0 Å². The van der Waals surface area contributed by atoms with E-state index in [1.165, 1.54) is 0 Å². The fraction of sp³-hybridized carbons (Fsp3) is 0.286. The smallest absolute Gasteiger partial charge is 0.321 e. The largest absolute Gasteiger partial charge is 0.388 e. The van der Waals surface area contributed by atoms with Crippen LogP contribution in [-0.2, 0) is 0 Å². The van der Waals surface area contributed by atoms with Crippen LogP contribution in [0.3, 0.4) is 0 Å². The number of H-pyrrole nitrogens is 1. The van der Waals surface area contributed by atoms with Crippen LogP contribution in [0.25, 0.3) is 10.9 Å². The number of nitrogens with zero attached hydrogens (tertiary/aromatic N) is 1. The number of nitrogens with one attached hydrogen (secondary N) is 2. The summed E-state index contributed by atoms with van der Waals surface area (Å²) in [5.41, 5.74) is 2.81. The highest BCUT2D eigenvalue weighted by Gasteiger charge is 2.28. The second-order valence-corrected chi connectivity index (χ2v) is 6.89. The average molecular weight is 349 g/mol. The van der Waals surface area contributed by atoms with Crippen molar-refractivity contribution < 1.29 is 9.90 Å². The fourth-order valence-corrected chi connectivity index (χ4v) is 3.67. The molecule has 2 amide bonds. The first-order valence-electron chi connectivity index (χ1n) is 9.07. The number of fused-ring (bicyclic) bond motifs is 1. The van der Waals surface area contributed by atoms with Crippen molar-refractivity contribution >= 4 is 22.6 Å². The van der Waals surface area contributed by atoms with E-state index in [9.17, 15) is 9.90 Å². The molecule has 1 atom stereocenters. The lowest BCUT2D eigenvalue weighted by Gasteiger charge is -2.34. The standard InChI is InChI=1S/C21H23N3O2/c25-20(15-4-2-1-3-5-15)16-9-12-24(13-10-16)21(26)23-18-6-7-19-17(14-18)8-11-22-19/h1-8,11,14,16,20,22,25H,9-10,12-13H2,(H,23,26)/t20-/m0/s1. The fourth-order valence-electron chi connectivity index (χ4n) is 3.67. The molecule has 4 rings (SSSR count). The van der Waals surface area contributed by atoms with Crippen molar-refractivity contribution in [1.29, 1.82) is 0 Å². The van der Waals surface area contributed by atoms with E-state index in [1.54, 1.807) is 0 Å². The molecule has 0 aliphatic carbocycles. The first-order chi connectivity index (χ1) is 12.7. The first-order valence-corrected chi connectivity index (χ1v) is 9.07. The Morgan fingerprint density at radius 2 is 1.88 bits per heavy atom. The van der Waals surface area contributed by atoms with Crippen molar-refractivity contribution in [1.82, 2.24) is 9.88 Å². The number of hydrogen-bond donors (Lipinski definition) is 3. The van der Waals surface area contributed by atoms with Gasteiger partial charge in [0.1, 0.15) is 0 Å². The van der Waals surface area contributed by atoms with Crippen LogP contribution < -0.4 is 5.32 Å². The van der Waals surface area contributed by atoms with Crippen LogP contribution in [0.1, 0.15) is 24.5 Å². The number of carbonyl (C=O) groups excluding carboxylic acids is 1. The average Bonchev–Trinajstić information content (AvgIpc) is 3.16. The lowest BCUT2D eigenvalue weighted by molar-refractivity contribution is 0.0683. The maximum Gasteiger partial charge on any atom is 0.321 e. The summed E-state index contributed by atoms with van der Waals surface area (Å²) in [5.74, 6) is 0.192. The molecule has 1 aliphatic heterocycles. The molecule has 0 saturated carbocycles. The quantitative estimate of drug-likeness (QED) is 0.665. The van der Waals surface area contributed by atoms with Crippen molar-refractivity contribution in [2.75, 3.05) is 18.4 Å². The number of rotatable bonds is 3. The summed E-state index contributed by atoms with van der Waals surface area (Å²) in [4.78, 5) is 17.5. The van der Waals surface area contributed by atoms with Gasteiger partial charge in [-0.3, -0.25) is 0 Å². The number of aromatic amines is 1. The number of piperidine rings is 1. The second-order valence-electron chi connectivity index (χ2n) is 6.89. The Hall–Kier alpha value is -2.79. The number of aliphatic hydroxyl groups is 1. The number of aliphatic hydroxyl groups excluding tert-OH is 1. The Morgan fingerprint density at radius 3 is 2.65 bits per heavy atom. The summed E-state index contributed by atoms with van der Waals surface area (Å²) >= 11 is 0. The van der Waals surface area contributed by atoms with Crippen LogP contribution in [0.15, 0.2) is 60.8 Å². The lowest BCUT2D eigenvalue weighted by atomic mass is 9.87. The van der Waals surface area contributed by atoms with Crippen LogP contribution in [0.4, 0.5) is 10.5 Å². The Kier molecular flexibility index (Phi) is 4.63. The number of carbonyl (C=O) groups is 1. The number of likely N-dealkylation sites (tertiary alicyclic amines) is 1. The molecule has 1 saturated heterocycles. The van der Waals surface area contributed by atoms with Gasteiger partial charge in [-0.2, -0.15) is 0 Å². The van der Waals surface area contributed by atoms with Gasteiger partial charge in [0.15, 0.2) is 0 Å². The number of urea groups is 1. The zero-order valence-electron chi connectivity index (χ0n) is 14.6. The molecule has 0 bridgehead atoms.